The van der Waals surface area contributed by atoms with Gasteiger partial charge < -0.3 is 9.47 Å². The molecule has 2 saturated heterocycles. The average molecular weight is 284 g/mol. The van der Waals surface area contributed by atoms with Gasteiger partial charge in [0.25, 0.3) is 0 Å². The minimum atomic E-state index is 0.0680. The number of rotatable bonds is 1. The smallest absolute Gasteiger partial charge is 0.138 e. The summed E-state index contributed by atoms with van der Waals surface area (Å²) in [6, 6.07) is 8.84. The van der Waals surface area contributed by atoms with Gasteiger partial charge in [-0.1, -0.05) is 28.1 Å². The molecule has 1 aromatic rings. The lowest BCUT2D eigenvalue weighted by molar-refractivity contribution is -0.0754. The Labute approximate surface area is 103 Å². The van der Waals surface area contributed by atoms with E-state index in [-0.39, 0.29) is 6.23 Å². The van der Waals surface area contributed by atoms with Crippen molar-refractivity contribution in [1.29, 1.82) is 0 Å². The Kier molecular flexibility index (Phi) is 2.98. The number of hydrogen-bond donors (Lipinski definition) is 0. The third-order valence-corrected chi connectivity index (χ3v) is 3.74. The Morgan fingerprint density at radius 3 is 2.88 bits per heavy atom. The molecule has 0 spiro atoms. The van der Waals surface area contributed by atoms with E-state index >= 15 is 0 Å². The number of benzene rings is 1. The van der Waals surface area contributed by atoms with Gasteiger partial charge in [-0.2, -0.15) is 0 Å². The zero-order valence-electron chi connectivity index (χ0n) is 8.93. The lowest BCUT2D eigenvalue weighted by Crippen LogP contribution is -2.39. The quantitative estimate of drug-likeness (QED) is 0.791. The lowest BCUT2D eigenvalue weighted by atomic mass is 10.1. The van der Waals surface area contributed by atoms with Gasteiger partial charge in [0, 0.05) is 17.1 Å². The monoisotopic (exact) mass is 283 g/mol. The number of halogens is 1. The van der Waals surface area contributed by atoms with Crippen molar-refractivity contribution in [2.75, 3.05) is 19.9 Å². The zero-order valence-corrected chi connectivity index (χ0v) is 10.5. The van der Waals surface area contributed by atoms with Gasteiger partial charge in [0.2, 0.25) is 0 Å². The molecule has 2 aliphatic rings. The van der Waals surface area contributed by atoms with E-state index in [0.29, 0.717) is 12.8 Å². The van der Waals surface area contributed by atoms with E-state index in [4.69, 9.17) is 9.47 Å². The SMILES string of the molecule is Brc1ccc([C@H]2OC[C@@H]3CCOCN32)cc1. The first-order chi connectivity index (χ1) is 7.84. The fourth-order valence-electron chi connectivity index (χ4n) is 2.31. The van der Waals surface area contributed by atoms with Crippen molar-refractivity contribution in [3.63, 3.8) is 0 Å². The van der Waals surface area contributed by atoms with Crippen LogP contribution in [0, 0.1) is 0 Å². The normalized spacial score (nSPS) is 30.3. The van der Waals surface area contributed by atoms with Gasteiger partial charge in [0.05, 0.1) is 6.61 Å². The van der Waals surface area contributed by atoms with Crippen LogP contribution in [0.4, 0.5) is 0 Å². The molecule has 16 heavy (non-hydrogen) atoms. The third kappa shape index (κ3) is 1.91. The van der Waals surface area contributed by atoms with Crippen LogP contribution in [0.2, 0.25) is 0 Å². The average Bonchev–Trinajstić information content (AvgIpc) is 2.74. The molecule has 2 heterocycles. The molecule has 3 rings (SSSR count). The summed E-state index contributed by atoms with van der Waals surface area (Å²) in [5, 5.41) is 0. The Balaban J connectivity index is 1.82. The fraction of sp³-hybridized carbons (Fsp3) is 0.500. The summed E-state index contributed by atoms with van der Waals surface area (Å²) in [5.74, 6) is 0. The molecule has 0 amide bonds. The van der Waals surface area contributed by atoms with Crippen molar-refractivity contribution in [2.24, 2.45) is 0 Å². The summed E-state index contributed by atoms with van der Waals surface area (Å²) in [6.07, 6.45) is 1.14. The number of nitrogens with zero attached hydrogens (tertiary/aromatic N) is 1. The Morgan fingerprint density at radius 2 is 2.06 bits per heavy atom. The first-order valence-corrected chi connectivity index (χ1v) is 6.34. The molecule has 3 nitrogen and oxygen atoms in total. The van der Waals surface area contributed by atoms with Crippen LogP contribution in [-0.2, 0) is 9.47 Å². The zero-order chi connectivity index (χ0) is 11.0. The van der Waals surface area contributed by atoms with E-state index in [2.05, 4.69) is 45.1 Å². The number of fused-ring (bicyclic) bond motifs is 1. The van der Waals surface area contributed by atoms with Crippen molar-refractivity contribution in [1.82, 2.24) is 4.90 Å². The van der Waals surface area contributed by atoms with Gasteiger partial charge in [-0.25, -0.2) is 4.90 Å². The minimum absolute atomic E-state index is 0.0680. The summed E-state index contributed by atoms with van der Waals surface area (Å²) in [7, 11) is 0. The van der Waals surface area contributed by atoms with Crippen molar-refractivity contribution < 1.29 is 9.47 Å². The number of hydrogen-bond acceptors (Lipinski definition) is 3. The highest BCUT2D eigenvalue weighted by molar-refractivity contribution is 9.10. The van der Waals surface area contributed by atoms with Crippen molar-refractivity contribution in [3.8, 4) is 0 Å². The van der Waals surface area contributed by atoms with E-state index in [0.717, 1.165) is 24.1 Å². The van der Waals surface area contributed by atoms with E-state index in [9.17, 15) is 0 Å². The Hall–Kier alpha value is -0.420. The van der Waals surface area contributed by atoms with Gasteiger partial charge >= 0.3 is 0 Å². The van der Waals surface area contributed by atoms with Crippen LogP contribution >= 0.6 is 15.9 Å². The fourth-order valence-corrected chi connectivity index (χ4v) is 2.58. The molecule has 1 aromatic carbocycles. The molecule has 86 valence electrons. The molecule has 2 fully saturated rings. The van der Waals surface area contributed by atoms with Crippen molar-refractivity contribution in [3.05, 3.63) is 34.3 Å². The second-order valence-electron chi connectivity index (χ2n) is 4.23. The maximum absolute atomic E-state index is 5.86. The minimum Gasteiger partial charge on any atom is -0.366 e. The molecule has 0 unspecified atom stereocenters. The van der Waals surface area contributed by atoms with Gasteiger partial charge in [-0.05, 0) is 24.1 Å². The third-order valence-electron chi connectivity index (χ3n) is 3.21. The Bertz CT molecular complexity index is 368. The molecular formula is C12H14BrNO2. The van der Waals surface area contributed by atoms with Crippen molar-refractivity contribution in [2.45, 2.75) is 18.7 Å². The van der Waals surface area contributed by atoms with Crippen LogP contribution < -0.4 is 0 Å². The molecule has 0 aromatic heterocycles. The molecule has 0 saturated carbocycles. The predicted octanol–water partition coefficient (Wildman–Crippen LogP) is 2.53. The van der Waals surface area contributed by atoms with E-state index in [1.807, 2.05) is 0 Å². The van der Waals surface area contributed by atoms with E-state index in [1.54, 1.807) is 0 Å². The highest BCUT2D eigenvalue weighted by Gasteiger charge is 2.37. The summed E-state index contributed by atoms with van der Waals surface area (Å²) in [5.41, 5.74) is 1.20. The second kappa shape index (κ2) is 4.45. The van der Waals surface area contributed by atoms with Crippen LogP contribution in [0.5, 0.6) is 0 Å². The van der Waals surface area contributed by atoms with Gasteiger partial charge in [0.15, 0.2) is 0 Å². The molecule has 0 aliphatic carbocycles. The summed E-state index contributed by atoms with van der Waals surface area (Å²) >= 11 is 3.44. The topological polar surface area (TPSA) is 21.7 Å². The van der Waals surface area contributed by atoms with Crippen LogP contribution in [0.15, 0.2) is 28.7 Å². The second-order valence-corrected chi connectivity index (χ2v) is 5.15. The molecule has 0 radical (unpaired) electrons. The molecule has 2 atom stereocenters. The van der Waals surface area contributed by atoms with E-state index < -0.39 is 0 Å². The van der Waals surface area contributed by atoms with Crippen LogP contribution in [0.1, 0.15) is 18.2 Å². The molecule has 2 aliphatic heterocycles. The highest BCUT2D eigenvalue weighted by atomic mass is 79.9. The predicted molar refractivity (Wildman–Crippen MR) is 63.9 cm³/mol. The maximum atomic E-state index is 5.86. The molecule has 0 bridgehead atoms. The van der Waals surface area contributed by atoms with Gasteiger partial charge in [-0.3, -0.25) is 0 Å². The standard InChI is InChI=1S/C12H14BrNO2/c13-10-3-1-9(2-4-10)12-14-8-15-6-5-11(14)7-16-12/h1-4,11-12H,5-8H2/t11-,12+/m0/s1. The van der Waals surface area contributed by atoms with E-state index in [1.165, 1.54) is 5.56 Å². The maximum Gasteiger partial charge on any atom is 0.138 e. The first kappa shape index (κ1) is 10.7. The molecular weight excluding hydrogens is 270 g/mol. The Morgan fingerprint density at radius 1 is 1.25 bits per heavy atom. The summed E-state index contributed by atoms with van der Waals surface area (Å²) in [6.45, 7) is 2.37. The van der Waals surface area contributed by atoms with Crippen LogP contribution in [0.25, 0.3) is 0 Å². The van der Waals surface area contributed by atoms with Crippen LogP contribution in [0.3, 0.4) is 0 Å². The van der Waals surface area contributed by atoms with Gasteiger partial charge in [-0.15, -0.1) is 0 Å². The number of ether oxygens (including phenoxy) is 2. The largest absolute Gasteiger partial charge is 0.366 e. The van der Waals surface area contributed by atoms with Gasteiger partial charge in [0.1, 0.15) is 13.0 Å². The van der Waals surface area contributed by atoms with Crippen LogP contribution in [-0.4, -0.2) is 30.9 Å². The lowest BCUT2D eigenvalue weighted by Gasteiger charge is -2.31. The first-order valence-electron chi connectivity index (χ1n) is 5.55. The molecule has 4 heteroatoms. The van der Waals surface area contributed by atoms with Crippen molar-refractivity contribution >= 4 is 15.9 Å². The summed E-state index contributed by atoms with van der Waals surface area (Å²) in [4.78, 5) is 2.30. The highest BCUT2D eigenvalue weighted by Crippen LogP contribution is 2.33. The summed E-state index contributed by atoms with van der Waals surface area (Å²) < 4.78 is 12.4. The molecule has 0 N–H and O–H groups in total.